The van der Waals surface area contributed by atoms with Crippen molar-refractivity contribution in [2.45, 2.75) is 38.5 Å². The normalized spacial score (nSPS) is 14.9. The summed E-state index contributed by atoms with van der Waals surface area (Å²) in [6, 6.07) is 6.77. The van der Waals surface area contributed by atoms with E-state index in [-0.39, 0.29) is 17.1 Å². The highest BCUT2D eigenvalue weighted by Gasteiger charge is 2.16. The van der Waals surface area contributed by atoms with E-state index in [1.165, 1.54) is 18.6 Å². The van der Waals surface area contributed by atoms with Crippen molar-refractivity contribution in [3.63, 3.8) is 0 Å². The van der Waals surface area contributed by atoms with Crippen LogP contribution in [0.15, 0.2) is 24.3 Å². The van der Waals surface area contributed by atoms with Gasteiger partial charge in [0.1, 0.15) is 5.82 Å². The molecule has 0 aliphatic heterocycles. The number of hydrogen-bond acceptors (Lipinski definition) is 2. The third-order valence-electron chi connectivity index (χ3n) is 2.67. The molecular formula is C14H22FNS. The summed E-state index contributed by atoms with van der Waals surface area (Å²) in [6.45, 7) is 6.45. The number of benzene rings is 1. The van der Waals surface area contributed by atoms with Crippen LogP contribution in [0, 0.1) is 11.7 Å². The molecule has 0 radical (unpaired) electrons. The van der Waals surface area contributed by atoms with E-state index in [1.54, 1.807) is 0 Å². The Balaban J connectivity index is 2.62. The number of halogens is 1. The Kier molecular flexibility index (Phi) is 6.00. The Morgan fingerprint density at radius 2 is 1.76 bits per heavy atom. The van der Waals surface area contributed by atoms with Crippen LogP contribution < -0.4 is 5.73 Å². The van der Waals surface area contributed by atoms with E-state index >= 15 is 0 Å². The fraction of sp³-hybridized carbons (Fsp3) is 0.571. The highest BCUT2D eigenvalue weighted by Crippen LogP contribution is 2.32. The Morgan fingerprint density at radius 1 is 1.18 bits per heavy atom. The maximum Gasteiger partial charge on any atom is 0.123 e. The van der Waals surface area contributed by atoms with Crippen molar-refractivity contribution in [3.05, 3.63) is 35.6 Å². The molecule has 1 nitrogen and oxygen atoms in total. The standard InChI is InChI=1S/C14H22FNS/c1-10(2)8-9-17-14(11(3)16)12-4-6-13(15)7-5-12/h4-7,10-11,14H,8-9,16H2,1-3H3. The van der Waals surface area contributed by atoms with Crippen LogP contribution in [0.1, 0.15) is 38.0 Å². The second-order valence-corrected chi connectivity index (χ2v) is 6.13. The van der Waals surface area contributed by atoms with Gasteiger partial charge in [-0.3, -0.25) is 0 Å². The minimum Gasteiger partial charge on any atom is -0.327 e. The molecule has 2 unspecified atom stereocenters. The van der Waals surface area contributed by atoms with Crippen molar-refractivity contribution in [2.75, 3.05) is 5.75 Å². The van der Waals surface area contributed by atoms with Gasteiger partial charge in [0.05, 0.1) is 0 Å². The summed E-state index contributed by atoms with van der Waals surface area (Å²) >= 11 is 1.87. The zero-order chi connectivity index (χ0) is 12.8. The summed E-state index contributed by atoms with van der Waals surface area (Å²) < 4.78 is 12.9. The predicted molar refractivity (Wildman–Crippen MR) is 74.7 cm³/mol. The predicted octanol–water partition coefficient (Wildman–Crippen LogP) is 3.99. The summed E-state index contributed by atoms with van der Waals surface area (Å²) in [5.74, 6) is 1.62. The second kappa shape index (κ2) is 7.02. The van der Waals surface area contributed by atoms with Crippen molar-refractivity contribution < 1.29 is 4.39 Å². The van der Waals surface area contributed by atoms with Crippen LogP contribution in [-0.4, -0.2) is 11.8 Å². The number of nitrogens with two attached hydrogens (primary N) is 1. The number of thioether (sulfide) groups is 1. The number of hydrogen-bond donors (Lipinski definition) is 1. The van der Waals surface area contributed by atoms with Crippen LogP contribution in [0.5, 0.6) is 0 Å². The maximum absolute atomic E-state index is 12.9. The molecule has 0 saturated heterocycles. The van der Waals surface area contributed by atoms with E-state index in [4.69, 9.17) is 5.73 Å². The molecule has 0 spiro atoms. The summed E-state index contributed by atoms with van der Waals surface area (Å²) in [6.07, 6.45) is 1.19. The first-order valence-electron chi connectivity index (χ1n) is 6.13. The molecule has 96 valence electrons. The molecule has 1 rings (SSSR count). The quantitative estimate of drug-likeness (QED) is 0.831. The molecule has 0 bridgehead atoms. The van der Waals surface area contributed by atoms with Gasteiger partial charge in [-0.1, -0.05) is 26.0 Å². The minimum absolute atomic E-state index is 0.0811. The Labute approximate surface area is 108 Å². The van der Waals surface area contributed by atoms with Gasteiger partial charge < -0.3 is 5.73 Å². The minimum atomic E-state index is -0.190. The first-order chi connectivity index (χ1) is 8.00. The van der Waals surface area contributed by atoms with Gasteiger partial charge in [0, 0.05) is 11.3 Å². The van der Waals surface area contributed by atoms with Gasteiger partial charge in [0.15, 0.2) is 0 Å². The highest BCUT2D eigenvalue weighted by atomic mass is 32.2. The van der Waals surface area contributed by atoms with Crippen LogP contribution in [0.25, 0.3) is 0 Å². The lowest BCUT2D eigenvalue weighted by Gasteiger charge is -2.21. The van der Waals surface area contributed by atoms with Crippen molar-refractivity contribution in [3.8, 4) is 0 Å². The van der Waals surface area contributed by atoms with Crippen molar-refractivity contribution in [1.82, 2.24) is 0 Å². The average molecular weight is 255 g/mol. The Hall–Kier alpha value is -0.540. The molecule has 3 heteroatoms. The van der Waals surface area contributed by atoms with Gasteiger partial charge in [-0.25, -0.2) is 4.39 Å². The molecular weight excluding hydrogens is 233 g/mol. The zero-order valence-electron chi connectivity index (χ0n) is 10.8. The average Bonchev–Trinajstić information content (AvgIpc) is 2.25. The third kappa shape index (κ3) is 5.09. The molecule has 2 atom stereocenters. The molecule has 0 fully saturated rings. The summed E-state index contributed by atoms with van der Waals surface area (Å²) in [5.41, 5.74) is 7.13. The van der Waals surface area contributed by atoms with Crippen LogP contribution >= 0.6 is 11.8 Å². The Morgan fingerprint density at radius 3 is 2.24 bits per heavy atom. The van der Waals surface area contributed by atoms with Crippen LogP contribution in [0.4, 0.5) is 4.39 Å². The first-order valence-corrected chi connectivity index (χ1v) is 7.18. The van der Waals surface area contributed by atoms with Crippen molar-refractivity contribution in [2.24, 2.45) is 11.7 Å². The van der Waals surface area contributed by atoms with Gasteiger partial charge in [-0.2, -0.15) is 11.8 Å². The summed E-state index contributed by atoms with van der Waals surface area (Å²) in [7, 11) is 0. The topological polar surface area (TPSA) is 26.0 Å². The molecule has 0 amide bonds. The zero-order valence-corrected chi connectivity index (χ0v) is 11.6. The third-order valence-corrected chi connectivity index (χ3v) is 4.20. The molecule has 0 saturated carbocycles. The molecule has 1 aromatic carbocycles. The van der Waals surface area contributed by atoms with Gasteiger partial charge in [0.25, 0.3) is 0 Å². The molecule has 1 aromatic rings. The van der Waals surface area contributed by atoms with Crippen molar-refractivity contribution in [1.29, 1.82) is 0 Å². The van der Waals surface area contributed by atoms with E-state index in [9.17, 15) is 4.39 Å². The van der Waals surface area contributed by atoms with Crippen LogP contribution in [0.2, 0.25) is 0 Å². The van der Waals surface area contributed by atoms with E-state index in [0.29, 0.717) is 5.92 Å². The maximum atomic E-state index is 12.9. The van der Waals surface area contributed by atoms with Crippen molar-refractivity contribution >= 4 is 11.8 Å². The molecule has 0 heterocycles. The van der Waals surface area contributed by atoms with Crippen LogP contribution in [0.3, 0.4) is 0 Å². The largest absolute Gasteiger partial charge is 0.327 e. The van der Waals surface area contributed by atoms with E-state index in [2.05, 4.69) is 13.8 Å². The monoisotopic (exact) mass is 255 g/mol. The molecule has 2 N–H and O–H groups in total. The molecule has 0 aromatic heterocycles. The van der Waals surface area contributed by atoms with Gasteiger partial charge >= 0.3 is 0 Å². The summed E-state index contributed by atoms with van der Waals surface area (Å²) in [5, 5.41) is 0.259. The highest BCUT2D eigenvalue weighted by molar-refractivity contribution is 7.99. The Bertz CT molecular complexity index is 321. The lowest BCUT2D eigenvalue weighted by Crippen LogP contribution is -2.23. The van der Waals surface area contributed by atoms with Gasteiger partial charge in [0.2, 0.25) is 0 Å². The lowest BCUT2D eigenvalue weighted by molar-refractivity contribution is 0.624. The van der Waals surface area contributed by atoms with E-state index in [0.717, 1.165) is 11.3 Å². The van der Waals surface area contributed by atoms with E-state index in [1.807, 2.05) is 30.8 Å². The van der Waals surface area contributed by atoms with Gasteiger partial charge in [-0.05, 0) is 42.7 Å². The SMILES string of the molecule is CC(C)CCSC(c1ccc(F)cc1)C(C)N. The lowest BCUT2D eigenvalue weighted by atomic mass is 10.1. The molecule has 0 aliphatic carbocycles. The first kappa shape index (κ1) is 14.5. The van der Waals surface area contributed by atoms with Gasteiger partial charge in [-0.15, -0.1) is 0 Å². The molecule has 0 aliphatic rings. The fourth-order valence-electron chi connectivity index (χ4n) is 1.63. The smallest absolute Gasteiger partial charge is 0.123 e. The molecule has 17 heavy (non-hydrogen) atoms. The summed E-state index contributed by atoms with van der Waals surface area (Å²) in [4.78, 5) is 0. The van der Waals surface area contributed by atoms with Crippen LogP contribution in [-0.2, 0) is 0 Å². The van der Waals surface area contributed by atoms with E-state index < -0.39 is 0 Å². The second-order valence-electron chi connectivity index (χ2n) is 4.88. The fourth-order valence-corrected chi connectivity index (χ4v) is 3.15. The number of rotatable bonds is 6.